The Morgan fingerprint density at radius 3 is 2.33 bits per heavy atom. The molecule has 0 saturated heterocycles. The third kappa shape index (κ3) is 2.75. The lowest BCUT2D eigenvalue weighted by Crippen LogP contribution is -2.09. The maximum Gasteiger partial charge on any atom is 0.167 e. The molecule has 1 aromatic rings. The first-order valence-electron chi connectivity index (χ1n) is 5.93. The number of halogens is 1. The summed E-state index contributed by atoms with van der Waals surface area (Å²) < 4.78 is 6.34. The molecule has 0 unspecified atom stereocenters. The van der Waals surface area contributed by atoms with Crippen LogP contribution in [0.5, 0.6) is 5.75 Å². The fraction of sp³-hybridized carbons (Fsp3) is 0.500. The average molecular weight is 315 g/mol. The smallest absolute Gasteiger partial charge is 0.167 e. The number of carbonyl (C=O) groups excluding carboxylic acids is 1. The molecule has 0 atom stereocenters. The highest BCUT2D eigenvalue weighted by molar-refractivity contribution is 9.10. The number of ketones is 1. The molecule has 0 aliphatic carbocycles. The number of aliphatic hydroxyl groups excluding tert-OH is 1. The largest absolute Gasteiger partial charge is 0.496 e. The predicted octanol–water partition coefficient (Wildman–Crippen LogP) is 3.34. The lowest BCUT2D eigenvalue weighted by molar-refractivity contribution is 0.0967. The van der Waals surface area contributed by atoms with E-state index in [0.29, 0.717) is 24.2 Å². The van der Waals surface area contributed by atoms with Gasteiger partial charge in [-0.05, 0) is 43.9 Å². The molecule has 0 spiro atoms. The maximum atomic E-state index is 12.2. The van der Waals surface area contributed by atoms with E-state index >= 15 is 0 Å². The molecule has 0 heterocycles. The summed E-state index contributed by atoms with van der Waals surface area (Å²) in [5.74, 6) is 0.665. The highest BCUT2D eigenvalue weighted by atomic mass is 79.9. The Bertz CT molecular complexity index is 467. The highest BCUT2D eigenvalue weighted by Gasteiger charge is 2.21. The van der Waals surface area contributed by atoms with Crippen molar-refractivity contribution >= 4 is 21.7 Å². The van der Waals surface area contributed by atoms with Crippen molar-refractivity contribution < 1.29 is 14.6 Å². The van der Waals surface area contributed by atoms with Gasteiger partial charge in [0.05, 0.1) is 12.7 Å². The molecule has 0 aromatic heterocycles. The van der Waals surface area contributed by atoms with Gasteiger partial charge < -0.3 is 9.84 Å². The standard InChI is InChI=1S/C14H19BrO3/c1-8-9(2)14(18-4)12(10(3)13(8)15)11(17)6-5-7-16/h16H,5-7H2,1-4H3. The molecule has 3 nitrogen and oxygen atoms in total. The molecule has 0 aliphatic heterocycles. The molecule has 0 bridgehead atoms. The fourth-order valence-corrected chi connectivity index (χ4v) is 2.53. The van der Waals surface area contributed by atoms with Crippen LogP contribution >= 0.6 is 15.9 Å². The number of ether oxygens (including phenoxy) is 1. The number of rotatable bonds is 5. The first-order chi connectivity index (χ1) is 8.45. The molecule has 0 radical (unpaired) electrons. The topological polar surface area (TPSA) is 46.5 Å². The normalized spacial score (nSPS) is 10.6. The number of Topliss-reactive ketones (excluding diaryl/α,β-unsaturated/α-hetero) is 1. The zero-order chi connectivity index (χ0) is 13.9. The Hall–Kier alpha value is -0.870. The van der Waals surface area contributed by atoms with Crippen molar-refractivity contribution in [3.05, 3.63) is 26.7 Å². The summed E-state index contributed by atoms with van der Waals surface area (Å²) in [6, 6.07) is 0. The van der Waals surface area contributed by atoms with Gasteiger partial charge in [-0.15, -0.1) is 0 Å². The number of hydrogen-bond donors (Lipinski definition) is 1. The molecule has 0 amide bonds. The number of carbonyl (C=O) groups is 1. The summed E-state index contributed by atoms with van der Waals surface area (Å²) in [6.07, 6.45) is 0.814. The van der Waals surface area contributed by atoms with E-state index in [1.54, 1.807) is 7.11 Å². The van der Waals surface area contributed by atoms with Crippen LogP contribution in [-0.2, 0) is 0 Å². The molecule has 1 aromatic carbocycles. The first kappa shape index (κ1) is 15.2. The van der Waals surface area contributed by atoms with Crippen molar-refractivity contribution in [3.63, 3.8) is 0 Å². The van der Waals surface area contributed by atoms with Gasteiger partial charge in [0.1, 0.15) is 5.75 Å². The fourth-order valence-electron chi connectivity index (χ4n) is 2.04. The monoisotopic (exact) mass is 314 g/mol. The molecular formula is C14H19BrO3. The van der Waals surface area contributed by atoms with Gasteiger partial charge in [0.2, 0.25) is 0 Å². The van der Waals surface area contributed by atoms with E-state index in [9.17, 15) is 4.79 Å². The minimum absolute atomic E-state index is 0.0159. The van der Waals surface area contributed by atoms with Crippen LogP contribution in [0.1, 0.15) is 39.9 Å². The zero-order valence-electron chi connectivity index (χ0n) is 11.3. The minimum Gasteiger partial charge on any atom is -0.496 e. The second kappa shape index (κ2) is 6.34. The van der Waals surface area contributed by atoms with Crippen molar-refractivity contribution in [1.29, 1.82) is 0 Å². The van der Waals surface area contributed by atoms with Crippen molar-refractivity contribution in [1.82, 2.24) is 0 Å². The van der Waals surface area contributed by atoms with Gasteiger partial charge in [0, 0.05) is 17.5 Å². The summed E-state index contributed by atoms with van der Waals surface area (Å²) >= 11 is 3.52. The Morgan fingerprint density at radius 2 is 1.83 bits per heavy atom. The van der Waals surface area contributed by atoms with Crippen LogP contribution in [0.2, 0.25) is 0 Å². The minimum atomic E-state index is 0.0159. The summed E-state index contributed by atoms with van der Waals surface area (Å²) in [5, 5.41) is 8.82. The average Bonchev–Trinajstić information content (AvgIpc) is 2.37. The van der Waals surface area contributed by atoms with Crippen LogP contribution < -0.4 is 4.74 Å². The quantitative estimate of drug-likeness (QED) is 0.848. The highest BCUT2D eigenvalue weighted by Crippen LogP contribution is 2.36. The van der Waals surface area contributed by atoms with E-state index in [-0.39, 0.29) is 12.4 Å². The molecule has 0 saturated carbocycles. The lowest BCUT2D eigenvalue weighted by Gasteiger charge is -2.18. The van der Waals surface area contributed by atoms with Crippen LogP contribution in [-0.4, -0.2) is 24.6 Å². The third-order valence-electron chi connectivity index (χ3n) is 3.21. The molecule has 1 N–H and O–H groups in total. The summed E-state index contributed by atoms with van der Waals surface area (Å²) in [6.45, 7) is 5.88. The first-order valence-corrected chi connectivity index (χ1v) is 6.72. The van der Waals surface area contributed by atoms with Gasteiger partial charge in [-0.3, -0.25) is 4.79 Å². The van der Waals surface area contributed by atoms with Crippen molar-refractivity contribution in [2.75, 3.05) is 13.7 Å². The molecule has 18 heavy (non-hydrogen) atoms. The second-order valence-electron chi connectivity index (χ2n) is 4.35. The Morgan fingerprint density at radius 1 is 1.22 bits per heavy atom. The molecule has 0 fully saturated rings. The number of hydrogen-bond acceptors (Lipinski definition) is 3. The number of aliphatic hydroxyl groups is 1. The summed E-state index contributed by atoms with van der Waals surface area (Å²) in [4.78, 5) is 12.2. The van der Waals surface area contributed by atoms with Gasteiger partial charge in [-0.1, -0.05) is 15.9 Å². The van der Waals surface area contributed by atoms with Gasteiger partial charge in [0.25, 0.3) is 0 Å². The lowest BCUT2D eigenvalue weighted by atomic mass is 9.94. The Labute approximate surface area is 116 Å². The van der Waals surface area contributed by atoms with E-state index in [2.05, 4.69) is 15.9 Å². The van der Waals surface area contributed by atoms with Crippen LogP contribution in [0.15, 0.2) is 4.47 Å². The van der Waals surface area contributed by atoms with Crippen molar-refractivity contribution in [3.8, 4) is 5.75 Å². The second-order valence-corrected chi connectivity index (χ2v) is 5.14. The van der Waals surface area contributed by atoms with E-state index in [1.807, 2.05) is 20.8 Å². The molecule has 1 rings (SSSR count). The number of benzene rings is 1. The third-order valence-corrected chi connectivity index (χ3v) is 4.40. The van der Waals surface area contributed by atoms with E-state index < -0.39 is 0 Å². The van der Waals surface area contributed by atoms with Crippen LogP contribution in [0.25, 0.3) is 0 Å². The molecule has 0 aliphatic rings. The summed E-state index contributed by atoms with van der Waals surface area (Å²) in [7, 11) is 1.58. The maximum absolute atomic E-state index is 12.2. The zero-order valence-corrected chi connectivity index (χ0v) is 12.8. The van der Waals surface area contributed by atoms with Crippen LogP contribution in [0, 0.1) is 20.8 Å². The summed E-state index contributed by atoms with van der Waals surface area (Å²) in [5.41, 5.74) is 3.59. The Kier molecular flexibility index (Phi) is 5.35. The van der Waals surface area contributed by atoms with Crippen molar-refractivity contribution in [2.45, 2.75) is 33.6 Å². The van der Waals surface area contributed by atoms with Gasteiger partial charge >= 0.3 is 0 Å². The molecule has 4 heteroatoms. The van der Waals surface area contributed by atoms with Crippen LogP contribution in [0.3, 0.4) is 0 Å². The van der Waals surface area contributed by atoms with Gasteiger partial charge in [-0.2, -0.15) is 0 Å². The molecular weight excluding hydrogens is 296 g/mol. The van der Waals surface area contributed by atoms with Gasteiger partial charge in [0.15, 0.2) is 5.78 Å². The van der Waals surface area contributed by atoms with E-state index in [4.69, 9.17) is 9.84 Å². The number of methoxy groups -OCH3 is 1. The van der Waals surface area contributed by atoms with E-state index in [1.165, 1.54) is 0 Å². The molecule has 100 valence electrons. The SMILES string of the molecule is COc1c(C)c(C)c(Br)c(C)c1C(=O)CCCO. The van der Waals surface area contributed by atoms with Gasteiger partial charge in [-0.25, -0.2) is 0 Å². The van der Waals surface area contributed by atoms with Crippen LogP contribution in [0.4, 0.5) is 0 Å². The predicted molar refractivity (Wildman–Crippen MR) is 75.6 cm³/mol. The Balaban J connectivity index is 3.37. The van der Waals surface area contributed by atoms with Crippen molar-refractivity contribution in [2.24, 2.45) is 0 Å². The van der Waals surface area contributed by atoms with E-state index in [0.717, 1.165) is 21.2 Å².